The van der Waals surface area contributed by atoms with Gasteiger partial charge in [0, 0.05) is 24.3 Å². The quantitative estimate of drug-likeness (QED) is 0.886. The van der Waals surface area contributed by atoms with Crippen molar-refractivity contribution >= 4 is 11.6 Å². The Bertz CT molecular complexity index is 839. The molecule has 0 aromatic heterocycles. The van der Waals surface area contributed by atoms with Crippen LogP contribution in [0.25, 0.3) is 0 Å². The molecule has 0 aliphatic carbocycles. The first-order valence-electron chi connectivity index (χ1n) is 10.0. The molecule has 1 atom stereocenters. The number of likely N-dealkylation sites (tertiary alicyclic amines) is 1. The summed E-state index contributed by atoms with van der Waals surface area (Å²) in [5.74, 6) is 0.391. The zero-order chi connectivity index (χ0) is 19.6. The van der Waals surface area contributed by atoms with E-state index in [-0.39, 0.29) is 18.1 Å². The summed E-state index contributed by atoms with van der Waals surface area (Å²) in [6.45, 7) is 5.41. The molecule has 1 unspecified atom stereocenters. The molecule has 5 heteroatoms. The van der Waals surface area contributed by atoms with Crippen molar-refractivity contribution in [2.45, 2.75) is 38.3 Å². The van der Waals surface area contributed by atoms with E-state index in [9.17, 15) is 9.90 Å². The van der Waals surface area contributed by atoms with Crippen molar-refractivity contribution in [3.05, 3.63) is 59.7 Å². The molecule has 0 saturated carbocycles. The number of carbonyl (C=O) groups excluding carboxylic acids is 1. The van der Waals surface area contributed by atoms with Gasteiger partial charge in [0.2, 0.25) is 0 Å². The number of anilines is 1. The Balaban J connectivity index is 1.45. The Morgan fingerprint density at radius 3 is 2.75 bits per heavy atom. The first-order chi connectivity index (χ1) is 13.5. The lowest BCUT2D eigenvalue weighted by Crippen LogP contribution is -2.55. The van der Waals surface area contributed by atoms with Gasteiger partial charge in [0.25, 0.3) is 5.91 Å². The van der Waals surface area contributed by atoms with E-state index in [0.717, 1.165) is 55.7 Å². The summed E-state index contributed by atoms with van der Waals surface area (Å²) < 4.78 is 6.12. The molecule has 0 bridgehead atoms. The standard InChI is InChI=1S/C23H28N2O3/c1-18-8-9-21(26)19(14-18)15-24-12-5-10-23(11-13-24)17-25(22(27)16-28-23)20-6-3-2-4-7-20/h2-4,6-9,14,26H,5,10-13,15-17H2,1H3. The van der Waals surface area contributed by atoms with Crippen LogP contribution < -0.4 is 4.90 Å². The fraction of sp³-hybridized carbons (Fsp3) is 0.435. The highest BCUT2D eigenvalue weighted by Crippen LogP contribution is 2.33. The molecule has 2 aliphatic heterocycles. The number of ether oxygens (including phenoxy) is 1. The van der Waals surface area contributed by atoms with Gasteiger partial charge in [-0.05, 0) is 50.9 Å². The molecule has 2 saturated heterocycles. The van der Waals surface area contributed by atoms with Crippen LogP contribution in [0.1, 0.15) is 30.4 Å². The van der Waals surface area contributed by atoms with Crippen LogP contribution in [0.5, 0.6) is 5.75 Å². The highest BCUT2D eigenvalue weighted by atomic mass is 16.5. The second kappa shape index (κ2) is 7.94. The average molecular weight is 380 g/mol. The number of aromatic hydroxyl groups is 1. The number of phenols is 1. The van der Waals surface area contributed by atoms with Crippen LogP contribution in [-0.4, -0.2) is 47.8 Å². The molecule has 2 aromatic carbocycles. The maximum atomic E-state index is 12.4. The first kappa shape index (κ1) is 19.0. The largest absolute Gasteiger partial charge is 0.508 e. The number of phenolic OH excluding ortho intramolecular Hbond substituents is 1. The van der Waals surface area contributed by atoms with E-state index in [2.05, 4.69) is 11.0 Å². The summed E-state index contributed by atoms with van der Waals surface area (Å²) >= 11 is 0. The number of para-hydroxylation sites is 1. The van der Waals surface area contributed by atoms with Crippen molar-refractivity contribution in [2.75, 3.05) is 31.1 Å². The molecular formula is C23H28N2O3. The Morgan fingerprint density at radius 2 is 1.93 bits per heavy atom. The fourth-order valence-electron chi connectivity index (χ4n) is 4.32. The summed E-state index contributed by atoms with van der Waals surface area (Å²) in [6.07, 6.45) is 2.85. The van der Waals surface area contributed by atoms with E-state index in [1.165, 1.54) is 0 Å². The molecule has 1 spiro atoms. The summed E-state index contributed by atoms with van der Waals surface area (Å²) in [6, 6.07) is 15.6. The number of carbonyl (C=O) groups is 1. The molecule has 148 valence electrons. The third-order valence-corrected chi connectivity index (χ3v) is 5.94. The van der Waals surface area contributed by atoms with Crippen molar-refractivity contribution in [3.8, 4) is 5.75 Å². The Morgan fingerprint density at radius 1 is 1.11 bits per heavy atom. The van der Waals surface area contributed by atoms with Crippen LogP contribution in [0.15, 0.2) is 48.5 Å². The van der Waals surface area contributed by atoms with Crippen LogP contribution in [0, 0.1) is 6.92 Å². The minimum absolute atomic E-state index is 0.0302. The highest BCUT2D eigenvalue weighted by molar-refractivity contribution is 5.95. The van der Waals surface area contributed by atoms with Gasteiger partial charge in [-0.2, -0.15) is 0 Å². The van der Waals surface area contributed by atoms with E-state index >= 15 is 0 Å². The molecule has 1 amide bonds. The van der Waals surface area contributed by atoms with Crippen molar-refractivity contribution in [3.63, 3.8) is 0 Å². The molecule has 28 heavy (non-hydrogen) atoms. The van der Waals surface area contributed by atoms with Crippen LogP contribution in [0.4, 0.5) is 5.69 Å². The first-order valence-corrected chi connectivity index (χ1v) is 10.0. The van der Waals surface area contributed by atoms with Gasteiger partial charge in [-0.15, -0.1) is 0 Å². The van der Waals surface area contributed by atoms with Crippen molar-refractivity contribution in [1.29, 1.82) is 0 Å². The molecule has 5 nitrogen and oxygen atoms in total. The fourth-order valence-corrected chi connectivity index (χ4v) is 4.32. The average Bonchev–Trinajstić information content (AvgIpc) is 2.90. The molecule has 2 heterocycles. The number of hydrogen-bond acceptors (Lipinski definition) is 4. The lowest BCUT2D eigenvalue weighted by molar-refractivity contribution is -0.140. The Kier molecular flexibility index (Phi) is 5.38. The van der Waals surface area contributed by atoms with Crippen LogP contribution in [0.2, 0.25) is 0 Å². The highest BCUT2D eigenvalue weighted by Gasteiger charge is 2.41. The number of aryl methyl sites for hydroxylation is 1. The maximum absolute atomic E-state index is 12.4. The molecule has 2 fully saturated rings. The Labute approximate surface area is 166 Å². The van der Waals surface area contributed by atoms with E-state index in [1.807, 2.05) is 48.2 Å². The predicted octanol–water partition coefficient (Wildman–Crippen LogP) is 3.49. The maximum Gasteiger partial charge on any atom is 0.253 e. The number of benzene rings is 2. The van der Waals surface area contributed by atoms with E-state index in [4.69, 9.17) is 4.74 Å². The van der Waals surface area contributed by atoms with Crippen LogP contribution in [-0.2, 0) is 16.1 Å². The van der Waals surface area contributed by atoms with E-state index in [1.54, 1.807) is 6.07 Å². The second-order valence-corrected chi connectivity index (χ2v) is 8.05. The molecule has 1 N–H and O–H groups in total. The number of hydrogen-bond donors (Lipinski definition) is 1. The molecule has 0 radical (unpaired) electrons. The van der Waals surface area contributed by atoms with Gasteiger partial charge in [0.1, 0.15) is 12.4 Å². The number of rotatable bonds is 3. The van der Waals surface area contributed by atoms with Crippen LogP contribution in [0.3, 0.4) is 0 Å². The molecule has 4 rings (SSSR count). The van der Waals surface area contributed by atoms with E-state index < -0.39 is 0 Å². The molecule has 2 aliphatic rings. The second-order valence-electron chi connectivity index (χ2n) is 8.05. The monoisotopic (exact) mass is 380 g/mol. The van der Waals surface area contributed by atoms with Crippen molar-refractivity contribution in [1.82, 2.24) is 4.90 Å². The minimum Gasteiger partial charge on any atom is -0.508 e. The Hall–Kier alpha value is -2.37. The van der Waals surface area contributed by atoms with Gasteiger partial charge in [0.15, 0.2) is 0 Å². The third kappa shape index (κ3) is 4.05. The lowest BCUT2D eigenvalue weighted by atomic mass is 9.92. The number of nitrogens with zero attached hydrogens (tertiary/aromatic N) is 2. The van der Waals surface area contributed by atoms with Gasteiger partial charge in [-0.1, -0.05) is 35.9 Å². The van der Waals surface area contributed by atoms with Gasteiger partial charge in [0.05, 0.1) is 12.1 Å². The van der Waals surface area contributed by atoms with E-state index in [0.29, 0.717) is 12.3 Å². The summed E-state index contributed by atoms with van der Waals surface area (Å²) in [5, 5.41) is 10.2. The van der Waals surface area contributed by atoms with Crippen molar-refractivity contribution < 1.29 is 14.6 Å². The third-order valence-electron chi connectivity index (χ3n) is 5.94. The zero-order valence-electron chi connectivity index (χ0n) is 16.4. The summed E-state index contributed by atoms with van der Waals surface area (Å²) in [7, 11) is 0. The predicted molar refractivity (Wildman–Crippen MR) is 109 cm³/mol. The minimum atomic E-state index is -0.285. The summed E-state index contributed by atoms with van der Waals surface area (Å²) in [5.41, 5.74) is 2.79. The molecular weight excluding hydrogens is 352 g/mol. The van der Waals surface area contributed by atoms with Gasteiger partial charge in [-0.3, -0.25) is 9.69 Å². The van der Waals surface area contributed by atoms with Crippen LogP contribution >= 0.6 is 0 Å². The smallest absolute Gasteiger partial charge is 0.253 e. The number of morpholine rings is 1. The normalized spacial score (nSPS) is 23.8. The lowest BCUT2D eigenvalue weighted by Gasteiger charge is -2.42. The van der Waals surface area contributed by atoms with Crippen molar-refractivity contribution in [2.24, 2.45) is 0 Å². The summed E-state index contributed by atoms with van der Waals surface area (Å²) in [4.78, 5) is 16.7. The van der Waals surface area contributed by atoms with Gasteiger partial charge in [-0.25, -0.2) is 0 Å². The topological polar surface area (TPSA) is 53.0 Å². The zero-order valence-corrected chi connectivity index (χ0v) is 16.4. The number of amides is 1. The van der Waals surface area contributed by atoms with Gasteiger partial charge < -0.3 is 14.7 Å². The SMILES string of the molecule is Cc1ccc(O)c(CN2CCCC3(CC2)CN(c2ccccc2)C(=O)CO3)c1. The van der Waals surface area contributed by atoms with Gasteiger partial charge >= 0.3 is 0 Å². The molecule has 2 aromatic rings.